The number of benzene rings is 1. The number of rotatable bonds is 1. The first kappa shape index (κ1) is 14.9. The summed E-state index contributed by atoms with van der Waals surface area (Å²) in [6.45, 7) is 7.90. The van der Waals surface area contributed by atoms with Gasteiger partial charge in [-0.15, -0.1) is 0 Å². The van der Waals surface area contributed by atoms with Crippen molar-refractivity contribution < 1.29 is 9.59 Å². The van der Waals surface area contributed by atoms with Crippen molar-refractivity contribution in [1.29, 1.82) is 0 Å². The van der Waals surface area contributed by atoms with Gasteiger partial charge in [-0.2, -0.15) is 0 Å². The fourth-order valence-electron chi connectivity index (χ4n) is 3.37. The maximum atomic E-state index is 12.5. The van der Waals surface area contributed by atoms with Crippen molar-refractivity contribution in [1.82, 2.24) is 9.80 Å². The van der Waals surface area contributed by atoms with Gasteiger partial charge >= 0.3 is 6.03 Å². The topological polar surface area (TPSA) is 52.7 Å². The number of carbonyl (C=O) groups excluding carboxylic acids is 2. The molecule has 22 heavy (non-hydrogen) atoms. The third-order valence-corrected chi connectivity index (χ3v) is 4.77. The number of amides is 3. The number of nitrogens with zero attached hydrogens (tertiary/aromatic N) is 2. The van der Waals surface area contributed by atoms with Gasteiger partial charge in [-0.25, -0.2) is 4.79 Å². The van der Waals surface area contributed by atoms with Crippen LogP contribution in [0.5, 0.6) is 0 Å². The molecular weight excluding hydrogens is 278 g/mol. The molecule has 2 aliphatic heterocycles. The summed E-state index contributed by atoms with van der Waals surface area (Å²) >= 11 is 0. The average Bonchev–Trinajstić information content (AvgIpc) is 3.00. The van der Waals surface area contributed by atoms with Gasteiger partial charge in [0.05, 0.1) is 0 Å². The first-order chi connectivity index (χ1) is 10.4. The number of carbonyl (C=O) groups is 2. The molecule has 3 rings (SSSR count). The van der Waals surface area contributed by atoms with Crippen LogP contribution in [0.1, 0.15) is 44.7 Å². The zero-order valence-corrected chi connectivity index (χ0v) is 13.5. The molecule has 0 aromatic heterocycles. The van der Waals surface area contributed by atoms with Crippen LogP contribution < -0.4 is 5.32 Å². The van der Waals surface area contributed by atoms with Crippen LogP contribution in [0.2, 0.25) is 0 Å². The Labute approximate surface area is 131 Å². The normalized spacial score (nSPS) is 19.2. The molecule has 2 heterocycles. The minimum Gasteiger partial charge on any atom is -0.334 e. The van der Waals surface area contributed by atoms with E-state index in [4.69, 9.17) is 0 Å². The van der Waals surface area contributed by atoms with E-state index in [1.54, 1.807) is 11.8 Å². The van der Waals surface area contributed by atoms with Crippen molar-refractivity contribution in [2.24, 2.45) is 0 Å². The number of anilines is 1. The zero-order chi connectivity index (χ0) is 15.9. The summed E-state index contributed by atoms with van der Waals surface area (Å²) in [6.07, 6.45) is 2.09. The Morgan fingerprint density at radius 1 is 1.18 bits per heavy atom. The highest BCUT2D eigenvalue weighted by atomic mass is 16.2. The van der Waals surface area contributed by atoms with Crippen LogP contribution in [-0.2, 0) is 17.9 Å². The number of urea groups is 1. The summed E-state index contributed by atoms with van der Waals surface area (Å²) in [5, 5.41) is 3.00. The predicted octanol–water partition coefficient (Wildman–Crippen LogP) is 2.96. The molecule has 3 amide bonds. The molecule has 5 nitrogen and oxygen atoms in total. The van der Waals surface area contributed by atoms with Gasteiger partial charge in [-0.1, -0.05) is 6.07 Å². The van der Waals surface area contributed by atoms with E-state index >= 15 is 0 Å². The van der Waals surface area contributed by atoms with Crippen LogP contribution in [0.3, 0.4) is 0 Å². The SMILES string of the molecule is CC(=O)N1Cc2ccc(NC(=O)N3CCCC3(C)C)cc2C1. The molecule has 2 aliphatic rings. The third-order valence-electron chi connectivity index (χ3n) is 4.77. The Balaban J connectivity index is 1.71. The van der Waals surface area contributed by atoms with E-state index < -0.39 is 0 Å². The Kier molecular flexibility index (Phi) is 3.59. The molecule has 1 aromatic carbocycles. The monoisotopic (exact) mass is 301 g/mol. The third kappa shape index (κ3) is 2.67. The van der Waals surface area contributed by atoms with Crippen LogP contribution in [0.4, 0.5) is 10.5 Å². The fourth-order valence-corrected chi connectivity index (χ4v) is 3.37. The Hall–Kier alpha value is -2.04. The summed E-state index contributed by atoms with van der Waals surface area (Å²) in [7, 11) is 0. The number of hydrogen-bond acceptors (Lipinski definition) is 2. The van der Waals surface area contributed by atoms with Crippen molar-refractivity contribution in [2.75, 3.05) is 11.9 Å². The Morgan fingerprint density at radius 3 is 2.55 bits per heavy atom. The number of hydrogen-bond donors (Lipinski definition) is 1. The second kappa shape index (κ2) is 5.30. The van der Waals surface area contributed by atoms with Gasteiger partial charge in [0.2, 0.25) is 5.91 Å². The molecule has 1 N–H and O–H groups in total. The van der Waals surface area contributed by atoms with Crippen LogP contribution >= 0.6 is 0 Å². The predicted molar refractivity (Wildman–Crippen MR) is 85.4 cm³/mol. The minimum absolute atomic E-state index is 0.0381. The molecule has 118 valence electrons. The molecule has 0 bridgehead atoms. The van der Waals surface area contributed by atoms with Gasteiger partial charge in [0.1, 0.15) is 0 Å². The average molecular weight is 301 g/mol. The number of nitrogens with one attached hydrogen (secondary N) is 1. The fraction of sp³-hybridized carbons (Fsp3) is 0.529. The summed E-state index contributed by atoms with van der Waals surface area (Å²) in [4.78, 5) is 27.6. The summed E-state index contributed by atoms with van der Waals surface area (Å²) in [6, 6.07) is 5.87. The Bertz CT molecular complexity index is 624. The van der Waals surface area contributed by atoms with Gasteiger partial charge < -0.3 is 15.1 Å². The molecule has 1 saturated heterocycles. The zero-order valence-electron chi connectivity index (χ0n) is 13.5. The minimum atomic E-state index is -0.0771. The highest BCUT2D eigenvalue weighted by Gasteiger charge is 2.35. The highest BCUT2D eigenvalue weighted by Crippen LogP contribution is 2.30. The van der Waals surface area contributed by atoms with E-state index in [1.807, 2.05) is 23.1 Å². The van der Waals surface area contributed by atoms with Crippen LogP contribution in [0.25, 0.3) is 0 Å². The summed E-state index contributed by atoms with van der Waals surface area (Å²) in [5.41, 5.74) is 3.01. The van der Waals surface area contributed by atoms with Crippen LogP contribution in [0.15, 0.2) is 18.2 Å². The molecule has 0 unspecified atom stereocenters. The van der Waals surface area contributed by atoms with E-state index in [2.05, 4.69) is 19.2 Å². The second-order valence-corrected chi connectivity index (χ2v) is 6.86. The molecule has 1 aromatic rings. The largest absolute Gasteiger partial charge is 0.334 e. The smallest absolute Gasteiger partial charge is 0.322 e. The molecule has 5 heteroatoms. The molecule has 0 spiro atoms. The van der Waals surface area contributed by atoms with Gasteiger partial charge in [0, 0.05) is 37.8 Å². The summed E-state index contributed by atoms with van der Waals surface area (Å²) in [5.74, 6) is 0.0839. The Morgan fingerprint density at radius 2 is 1.91 bits per heavy atom. The molecule has 1 fully saturated rings. The van der Waals surface area contributed by atoms with E-state index in [0.717, 1.165) is 36.2 Å². The first-order valence-electron chi connectivity index (χ1n) is 7.83. The van der Waals surface area contributed by atoms with Crippen LogP contribution in [0, 0.1) is 0 Å². The molecule has 0 radical (unpaired) electrons. The lowest BCUT2D eigenvalue weighted by Crippen LogP contribution is -2.44. The summed E-state index contributed by atoms with van der Waals surface area (Å²) < 4.78 is 0. The van der Waals surface area contributed by atoms with E-state index in [9.17, 15) is 9.59 Å². The number of likely N-dealkylation sites (tertiary alicyclic amines) is 1. The second-order valence-electron chi connectivity index (χ2n) is 6.86. The van der Waals surface area contributed by atoms with E-state index in [1.165, 1.54) is 0 Å². The van der Waals surface area contributed by atoms with Crippen molar-refractivity contribution in [3.05, 3.63) is 29.3 Å². The first-order valence-corrected chi connectivity index (χ1v) is 7.83. The molecule has 0 aliphatic carbocycles. The van der Waals surface area contributed by atoms with Crippen molar-refractivity contribution in [2.45, 2.75) is 52.2 Å². The van der Waals surface area contributed by atoms with Crippen molar-refractivity contribution in [3.63, 3.8) is 0 Å². The maximum Gasteiger partial charge on any atom is 0.322 e. The molecule has 0 saturated carbocycles. The van der Waals surface area contributed by atoms with Gasteiger partial charge in [0.25, 0.3) is 0 Å². The molecule has 0 atom stereocenters. The van der Waals surface area contributed by atoms with E-state index in [-0.39, 0.29) is 17.5 Å². The quantitative estimate of drug-likeness (QED) is 0.867. The lowest BCUT2D eigenvalue weighted by molar-refractivity contribution is -0.129. The van der Waals surface area contributed by atoms with Gasteiger partial charge in [-0.05, 0) is 49.9 Å². The van der Waals surface area contributed by atoms with E-state index in [0.29, 0.717) is 13.1 Å². The molecular formula is C17H23N3O2. The highest BCUT2D eigenvalue weighted by molar-refractivity contribution is 5.90. The number of fused-ring (bicyclic) bond motifs is 1. The standard InChI is InChI=1S/C17H23N3O2/c1-12(21)19-10-13-5-6-15(9-14(13)11-19)18-16(22)20-8-4-7-17(20,2)3/h5-6,9H,4,7-8,10-11H2,1-3H3,(H,18,22). The van der Waals surface area contributed by atoms with Crippen LogP contribution in [-0.4, -0.2) is 33.8 Å². The lowest BCUT2D eigenvalue weighted by Gasteiger charge is -2.31. The lowest BCUT2D eigenvalue weighted by atomic mass is 10.0. The van der Waals surface area contributed by atoms with Crippen molar-refractivity contribution >= 4 is 17.6 Å². The van der Waals surface area contributed by atoms with Gasteiger partial charge in [-0.3, -0.25) is 4.79 Å². The maximum absolute atomic E-state index is 12.5. The van der Waals surface area contributed by atoms with Gasteiger partial charge in [0.15, 0.2) is 0 Å². The van der Waals surface area contributed by atoms with Crippen molar-refractivity contribution in [3.8, 4) is 0 Å².